The van der Waals surface area contributed by atoms with Crippen LogP contribution in [0.2, 0.25) is 0 Å². The second-order valence-electron chi connectivity index (χ2n) is 7.73. The van der Waals surface area contributed by atoms with E-state index in [2.05, 4.69) is 29.6 Å². The van der Waals surface area contributed by atoms with Gasteiger partial charge in [0.2, 0.25) is 11.8 Å². The standard InChI is InChI=1S/C24H30N2O3/c1-4-22(27)26-15-5-14-24(17-26,23(28)25-2)16-18-6-8-19(9-7-18)20-10-12-21(29-3)13-11-20/h6-13H,4-5,14-17H2,1-3H3,(H,25,28). The molecule has 2 amide bonds. The van der Waals surface area contributed by atoms with E-state index in [-0.39, 0.29) is 11.8 Å². The number of methoxy groups -OCH3 is 1. The minimum absolute atomic E-state index is 0.0188. The predicted molar refractivity (Wildman–Crippen MR) is 115 cm³/mol. The minimum atomic E-state index is -0.570. The summed E-state index contributed by atoms with van der Waals surface area (Å²) >= 11 is 0. The number of likely N-dealkylation sites (tertiary alicyclic amines) is 1. The van der Waals surface area contributed by atoms with Crippen LogP contribution < -0.4 is 10.1 Å². The zero-order chi connectivity index (χ0) is 20.9. The average Bonchev–Trinajstić information content (AvgIpc) is 2.78. The lowest BCUT2D eigenvalue weighted by Gasteiger charge is -2.41. The summed E-state index contributed by atoms with van der Waals surface area (Å²) in [7, 11) is 3.34. The molecule has 1 saturated heterocycles. The Morgan fingerprint density at radius 2 is 1.69 bits per heavy atom. The van der Waals surface area contributed by atoms with Crippen molar-refractivity contribution in [1.29, 1.82) is 0 Å². The van der Waals surface area contributed by atoms with E-state index in [9.17, 15) is 9.59 Å². The highest BCUT2D eigenvalue weighted by Crippen LogP contribution is 2.35. The molecule has 2 aromatic rings. The Bertz CT molecular complexity index is 845. The first-order chi connectivity index (χ1) is 14.0. The Morgan fingerprint density at radius 3 is 2.24 bits per heavy atom. The summed E-state index contributed by atoms with van der Waals surface area (Å²) in [6.45, 7) is 3.10. The maximum absolute atomic E-state index is 12.8. The largest absolute Gasteiger partial charge is 0.497 e. The monoisotopic (exact) mass is 394 g/mol. The van der Waals surface area contributed by atoms with E-state index in [1.165, 1.54) is 0 Å². The van der Waals surface area contributed by atoms with Gasteiger partial charge < -0.3 is 15.0 Å². The van der Waals surface area contributed by atoms with Crippen LogP contribution in [0.15, 0.2) is 48.5 Å². The second-order valence-corrected chi connectivity index (χ2v) is 7.73. The lowest BCUT2D eigenvalue weighted by molar-refractivity contribution is -0.141. The van der Waals surface area contributed by atoms with Crippen LogP contribution >= 0.6 is 0 Å². The normalized spacial score (nSPS) is 18.9. The average molecular weight is 395 g/mol. The molecule has 0 saturated carbocycles. The van der Waals surface area contributed by atoms with Crippen LogP contribution in [0.25, 0.3) is 11.1 Å². The van der Waals surface area contributed by atoms with Crippen molar-refractivity contribution in [2.75, 3.05) is 27.2 Å². The summed E-state index contributed by atoms with van der Waals surface area (Å²) in [6.07, 6.45) is 2.74. The summed E-state index contributed by atoms with van der Waals surface area (Å²) in [4.78, 5) is 26.9. The Morgan fingerprint density at radius 1 is 1.07 bits per heavy atom. The number of carbonyl (C=O) groups excluding carboxylic acids is 2. The molecule has 0 aromatic heterocycles. The van der Waals surface area contributed by atoms with E-state index < -0.39 is 5.41 Å². The SMILES string of the molecule is CCC(=O)N1CCCC(Cc2ccc(-c3ccc(OC)cc3)cc2)(C(=O)NC)C1. The molecule has 1 unspecified atom stereocenters. The summed E-state index contributed by atoms with van der Waals surface area (Å²) in [5.41, 5.74) is 2.78. The maximum Gasteiger partial charge on any atom is 0.228 e. The van der Waals surface area contributed by atoms with Gasteiger partial charge in [-0.2, -0.15) is 0 Å². The van der Waals surface area contributed by atoms with Crippen molar-refractivity contribution in [2.24, 2.45) is 5.41 Å². The van der Waals surface area contributed by atoms with Gasteiger partial charge in [-0.25, -0.2) is 0 Å². The Labute approximate surface area is 173 Å². The summed E-state index contributed by atoms with van der Waals surface area (Å²) < 4.78 is 5.22. The van der Waals surface area contributed by atoms with Gasteiger partial charge in [0.05, 0.1) is 12.5 Å². The van der Waals surface area contributed by atoms with Gasteiger partial charge >= 0.3 is 0 Å². The third kappa shape index (κ3) is 4.61. The maximum atomic E-state index is 12.8. The van der Waals surface area contributed by atoms with Crippen molar-refractivity contribution < 1.29 is 14.3 Å². The molecule has 29 heavy (non-hydrogen) atoms. The van der Waals surface area contributed by atoms with E-state index in [1.54, 1.807) is 14.2 Å². The van der Waals surface area contributed by atoms with Crippen LogP contribution in [0, 0.1) is 5.41 Å². The van der Waals surface area contributed by atoms with Crippen LogP contribution in [0.4, 0.5) is 0 Å². The number of rotatable bonds is 6. The number of nitrogens with one attached hydrogen (secondary N) is 1. The lowest BCUT2D eigenvalue weighted by atomic mass is 9.74. The Balaban J connectivity index is 1.80. The van der Waals surface area contributed by atoms with Gasteiger partial charge in [0.25, 0.3) is 0 Å². The Kier molecular flexibility index (Phi) is 6.57. The molecule has 154 valence electrons. The molecule has 3 rings (SSSR count). The van der Waals surface area contributed by atoms with Crippen LogP contribution in [0.1, 0.15) is 31.7 Å². The third-order valence-corrected chi connectivity index (χ3v) is 5.86. The fraction of sp³-hybridized carbons (Fsp3) is 0.417. The fourth-order valence-corrected chi connectivity index (χ4v) is 4.23. The van der Waals surface area contributed by atoms with Crippen molar-refractivity contribution in [3.63, 3.8) is 0 Å². The second kappa shape index (κ2) is 9.12. The molecular weight excluding hydrogens is 364 g/mol. The fourth-order valence-electron chi connectivity index (χ4n) is 4.23. The van der Waals surface area contributed by atoms with Crippen LogP contribution in [0.3, 0.4) is 0 Å². The molecule has 1 atom stereocenters. The van der Waals surface area contributed by atoms with E-state index in [1.807, 2.05) is 36.1 Å². The van der Waals surface area contributed by atoms with Crippen molar-refractivity contribution in [3.8, 4) is 16.9 Å². The minimum Gasteiger partial charge on any atom is -0.497 e. The first-order valence-electron chi connectivity index (χ1n) is 10.2. The van der Waals surface area contributed by atoms with Crippen LogP contribution in [-0.2, 0) is 16.0 Å². The molecule has 1 aliphatic rings. The van der Waals surface area contributed by atoms with Gasteiger partial charge in [0, 0.05) is 26.6 Å². The van der Waals surface area contributed by atoms with Crippen molar-refractivity contribution in [3.05, 3.63) is 54.1 Å². The molecule has 0 spiro atoms. The number of amides is 2. The van der Waals surface area contributed by atoms with Crippen molar-refractivity contribution in [2.45, 2.75) is 32.6 Å². The molecule has 0 aliphatic carbocycles. The quantitative estimate of drug-likeness (QED) is 0.813. The predicted octanol–water partition coefficient (Wildman–Crippen LogP) is 3.67. The molecule has 5 heteroatoms. The molecule has 1 fully saturated rings. The van der Waals surface area contributed by atoms with Crippen molar-refractivity contribution >= 4 is 11.8 Å². The first kappa shape index (κ1) is 20.9. The first-order valence-corrected chi connectivity index (χ1v) is 10.2. The zero-order valence-corrected chi connectivity index (χ0v) is 17.5. The van der Waals surface area contributed by atoms with E-state index in [0.29, 0.717) is 19.4 Å². The lowest BCUT2D eigenvalue weighted by Crippen LogP contribution is -2.53. The van der Waals surface area contributed by atoms with Crippen LogP contribution in [-0.4, -0.2) is 44.0 Å². The summed E-state index contributed by atoms with van der Waals surface area (Å²) in [5.74, 6) is 0.972. The summed E-state index contributed by atoms with van der Waals surface area (Å²) in [5, 5.41) is 2.83. The number of hydrogen-bond acceptors (Lipinski definition) is 3. The van der Waals surface area contributed by atoms with Crippen LogP contribution in [0.5, 0.6) is 5.75 Å². The molecule has 0 radical (unpaired) electrons. The van der Waals surface area contributed by atoms with Gasteiger partial charge in [-0.05, 0) is 48.1 Å². The highest BCUT2D eigenvalue weighted by Gasteiger charge is 2.42. The number of ether oxygens (including phenoxy) is 1. The Hall–Kier alpha value is -2.82. The van der Waals surface area contributed by atoms with E-state index >= 15 is 0 Å². The van der Waals surface area contributed by atoms with Gasteiger partial charge in [0.15, 0.2) is 0 Å². The van der Waals surface area contributed by atoms with Gasteiger partial charge in [-0.3, -0.25) is 9.59 Å². The number of carbonyl (C=O) groups is 2. The van der Waals surface area contributed by atoms with E-state index in [4.69, 9.17) is 4.74 Å². The van der Waals surface area contributed by atoms with Crippen molar-refractivity contribution in [1.82, 2.24) is 10.2 Å². The zero-order valence-electron chi connectivity index (χ0n) is 17.5. The number of nitrogens with zero attached hydrogens (tertiary/aromatic N) is 1. The van der Waals surface area contributed by atoms with Gasteiger partial charge in [0.1, 0.15) is 5.75 Å². The number of hydrogen-bond donors (Lipinski definition) is 1. The molecule has 0 bridgehead atoms. The molecule has 1 heterocycles. The molecule has 2 aromatic carbocycles. The molecule has 1 N–H and O–H groups in total. The number of benzene rings is 2. The third-order valence-electron chi connectivity index (χ3n) is 5.86. The highest BCUT2D eigenvalue weighted by atomic mass is 16.5. The summed E-state index contributed by atoms with van der Waals surface area (Å²) in [6, 6.07) is 16.3. The van der Waals surface area contributed by atoms with E-state index in [0.717, 1.165) is 41.8 Å². The molecule has 1 aliphatic heterocycles. The smallest absolute Gasteiger partial charge is 0.228 e. The van der Waals surface area contributed by atoms with Gasteiger partial charge in [-0.15, -0.1) is 0 Å². The highest BCUT2D eigenvalue weighted by molar-refractivity contribution is 5.84. The number of piperidine rings is 1. The molecular formula is C24H30N2O3. The molecule has 5 nitrogen and oxygen atoms in total. The van der Waals surface area contributed by atoms with Gasteiger partial charge in [-0.1, -0.05) is 43.3 Å². The topological polar surface area (TPSA) is 58.6 Å².